The second kappa shape index (κ2) is 5.87. The lowest BCUT2D eigenvalue weighted by Gasteiger charge is -2.21. The molecule has 94 valence electrons. The molecule has 3 heteroatoms. The van der Waals surface area contributed by atoms with Crippen molar-refractivity contribution in [3.05, 3.63) is 23.4 Å². The molecule has 2 rings (SSSR count). The van der Waals surface area contributed by atoms with Gasteiger partial charge in [-0.25, -0.2) is 4.98 Å². The third kappa shape index (κ3) is 3.46. The smallest absolute Gasteiger partial charge is 0.0965 e. The van der Waals surface area contributed by atoms with Gasteiger partial charge >= 0.3 is 0 Å². The molecule has 2 nitrogen and oxygen atoms in total. The van der Waals surface area contributed by atoms with E-state index in [1.807, 2.05) is 24.9 Å². The van der Waals surface area contributed by atoms with Crippen LogP contribution < -0.4 is 5.73 Å². The molecule has 1 fully saturated rings. The molecule has 0 amide bonds. The van der Waals surface area contributed by atoms with Gasteiger partial charge in [0.2, 0.25) is 0 Å². The third-order valence-electron chi connectivity index (χ3n) is 3.46. The summed E-state index contributed by atoms with van der Waals surface area (Å²) in [7, 11) is 0. The largest absolute Gasteiger partial charge is 0.324 e. The lowest BCUT2D eigenvalue weighted by molar-refractivity contribution is 0.515. The first kappa shape index (κ1) is 12.9. The minimum absolute atomic E-state index is 0.0798. The van der Waals surface area contributed by atoms with Crippen molar-refractivity contribution in [3.63, 3.8) is 0 Å². The molecule has 1 aliphatic rings. The van der Waals surface area contributed by atoms with E-state index >= 15 is 0 Å². The molecule has 1 atom stereocenters. The standard InChI is InChI=1S/C14H22N2S/c1-10-8-14(16-9-13(10)11(2)15)17-12-6-4-3-5-7-12/h8-9,11-12H,3-7,15H2,1-2H3/t11-/m0/s1. The molecule has 17 heavy (non-hydrogen) atoms. The molecule has 0 aliphatic heterocycles. The Hall–Kier alpha value is -0.540. The Labute approximate surface area is 108 Å². The Balaban J connectivity index is 2.04. The Morgan fingerprint density at radius 1 is 1.35 bits per heavy atom. The van der Waals surface area contributed by atoms with E-state index in [0.29, 0.717) is 0 Å². The molecule has 1 saturated carbocycles. The monoisotopic (exact) mass is 250 g/mol. The van der Waals surface area contributed by atoms with Crippen molar-refractivity contribution in [3.8, 4) is 0 Å². The summed E-state index contributed by atoms with van der Waals surface area (Å²) in [6, 6.07) is 2.27. The predicted molar refractivity (Wildman–Crippen MR) is 74.3 cm³/mol. The molecular weight excluding hydrogens is 228 g/mol. The van der Waals surface area contributed by atoms with Gasteiger partial charge in [0.15, 0.2) is 0 Å². The van der Waals surface area contributed by atoms with E-state index in [1.165, 1.54) is 42.7 Å². The van der Waals surface area contributed by atoms with E-state index in [2.05, 4.69) is 18.0 Å². The van der Waals surface area contributed by atoms with E-state index in [-0.39, 0.29) is 6.04 Å². The second-order valence-electron chi connectivity index (χ2n) is 5.05. The van der Waals surface area contributed by atoms with E-state index in [9.17, 15) is 0 Å². The van der Waals surface area contributed by atoms with Crippen LogP contribution >= 0.6 is 11.8 Å². The van der Waals surface area contributed by atoms with Gasteiger partial charge in [-0.05, 0) is 43.9 Å². The van der Waals surface area contributed by atoms with Crippen LogP contribution in [0.5, 0.6) is 0 Å². The lowest BCUT2D eigenvalue weighted by atomic mass is 10.0. The Morgan fingerprint density at radius 2 is 2.06 bits per heavy atom. The van der Waals surface area contributed by atoms with Crippen molar-refractivity contribution < 1.29 is 0 Å². The first-order valence-corrected chi connectivity index (χ1v) is 7.43. The maximum Gasteiger partial charge on any atom is 0.0965 e. The van der Waals surface area contributed by atoms with Gasteiger partial charge in [0.25, 0.3) is 0 Å². The van der Waals surface area contributed by atoms with Crippen molar-refractivity contribution >= 4 is 11.8 Å². The van der Waals surface area contributed by atoms with Gasteiger partial charge in [-0.15, -0.1) is 11.8 Å². The number of hydrogen-bond acceptors (Lipinski definition) is 3. The first-order chi connectivity index (χ1) is 8.16. The average Bonchev–Trinajstić information content (AvgIpc) is 2.30. The summed E-state index contributed by atoms with van der Waals surface area (Å²) in [5.74, 6) is 0. The highest BCUT2D eigenvalue weighted by molar-refractivity contribution is 7.99. The zero-order valence-electron chi connectivity index (χ0n) is 10.8. The number of thioether (sulfide) groups is 1. The van der Waals surface area contributed by atoms with Gasteiger partial charge in [0.1, 0.15) is 0 Å². The average molecular weight is 250 g/mol. The van der Waals surface area contributed by atoms with E-state index in [0.717, 1.165) is 10.8 Å². The topological polar surface area (TPSA) is 38.9 Å². The molecule has 0 bridgehead atoms. The highest BCUT2D eigenvalue weighted by Gasteiger charge is 2.15. The highest BCUT2D eigenvalue weighted by atomic mass is 32.2. The number of aryl methyl sites for hydroxylation is 1. The minimum Gasteiger partial charge on any atom is -0.324 e. The van der Waals surface area contributed by atoms with Crippen LogP contribution in [0.4, 0.5) is 0 Å². The number of hydrogen-bond donors (Lipinski definition) is 1. The quantitative estimate of drug-likeness (QED) is 0.886. The predicted octanol–water partition coefficient (Wildman–Crippen LogP) is 3.83. The van der Waals surface area contributed by atoms with Crippen LogP contribution in [0.2, 0.25) is 0 Å². The Bertz CT molecular complexity index is 370. The summed E-state index contributed by atoms with van der Waals surface area (Å²) in [5, 5.41) is 1.94. The van der Waals surface area contributed by atoms with Gasteiger partial charge in [0.05, 0.1) is 5.03 Å². The molecule has 1 aromatic rings. The summed E-state index contributed by atoms with van der Waals surface area (Å²) < 4.78 is 0. The van der Waals surface area contributed by atoms with Gasteiger partial charge in [0, 0.05) is 17.5 Å². The number of aromatic nitrogens is 1. The van der Waals surface area contributed by atoms with Gasteiger partial charge in [-0.1, -0.05) is 19.3 Å². The van der Waals surface area contributed by atoms with Crippen molar-refractivity contribution in [2.75, 3.05) is 0 Å². The molecule has 0 saturated heterocycles. The Morgan fingerprint density at radius 3 is 2.65 bits per heavy atom. The molecular formula is C14H22N2S. The zero-order valence-corrected chi connectivity index (χ0v) is 11.6. The second-order valence-corrected chi connectivity index (χ2v) is 6.37. The van der Waals surface area contributed by atoms with Crippen LogP contribution in [-0.4, -0.2) is 10.2 Å². The number of nitrogens with two attached hydrogens (primary N) is 1. The molecule has 1 aliphatic carbocycles. The zero-order chi connectivity index (χ0) is 12.3. The molecule has 0 spiro atoms. The summed E-state index contributed by atoms with van der Waals surface area (Å²) in [5.41, 5.74) is 8.34. The van der Waals surface area contributed by atoms with Crippen LogP contribution in [0.15, 0.2) is 17.3 Å². The summed E-state index contributed by atoms with van der Waals surface area (Å²) in [6.45, 7) is 4.14. The van der Waals surface area contributed by atoms with Gasteiger partial charge in [-0.3, -0.25) is 0 Å². The van der Waals surface area contributed by atoms with Crippen LogP contribution in [0.3, 0.4) is 0 Å². The summed E-state index contributed by atoms with van der Waals surface area (Å²) in [6.07, 6.45) is 8.82. The fraction of sp³-hybridized carbons (Fsp3) is 0.643. The van der Waals surface area contributed by atoms with Crippen molar-refractivity contribution in [2.24, 2.45) is 5.73 Å². The van der Waals surface area contributed by atoms with Crippen molar-refractivity contribution in [1.82, 2.24) is 4.98 Å². The third-order valence-corrected chi connectivity index (χ3v) is 4.73. The van der Waals surface area contributed by atoms with Crippen molar-refractivity contribution in [2.45, 2.75) is 62.3 Å². The number of pyridine rings is 1. The maximum atomic E-state index is 5.90. The molecule has 0 unspecified atom stereocenters. The molecule has 1 heterocycles. The Kier molecular flexibility index (Phi) is 4.46. The van der Waals surface area contributed by atoms with E-state index in [1.54, 1.807) is 0 Å². The van der Waals surface area contributed by atoms with Crippen LogP contribution in [0.1, 0.15) is 56.2 Å². The molecule has 0 aromatic carbocycles. The van der Waals surface area contributed by atoms with Crippen LogP contribution in [-0.2, 0) is 0 Å². The molecule has 0 radical (unpaired) electrons. The van der Waals surface area contributed by atoms with Crippen LogP contribution in [0, 0.1) is 6.92 Å². The van der Waals surface area contributed by atoms with E-state index in [4.69, 9.17) is 5.73 Å². The molecule has 2 N–H and O–H groups in total. The normalized spacial score (nSPS) is 19.2. The van der Waals surface area contributed by atoms with Gasteiger partial charge < -0.3 is 5.73 Å². The van der Waals surface area contributed by atoms with E-state index < -0.39 is 0 Å². The summed E-state index contributed by atoms with van der Waals surface area (Å²) in [4.78, 5) is 4.54. The SMILES string of the molecule is Cc1cc(SC2CCCCC2)ncc1[C@H](C)N. The summed E-state index contributed by atoms with van der Waals surface area (Å²) >= 11 is 1.95. The molecule has 1 aromatic heterocycles. The van der Waals surface area contributed by atoms with Crippen LogP contribution in [0.25, 0.3) is 0 Å². The first-order valence-electron chi connectivity index (χ1n) is 6.55. The number of nitrogens with zero attached hydrogens (tertiary/aromatic N) is 1. The minimum atomic E-state index is 0.0798. The highest BCUT2D eigenvalue weighted by Crippen LogP contribution is 2.33. The fourth-order valence-corrected chi connectivity index (χ4v) is 3.70. The number of rotatable bonds is 3. The fourth-order valence-electron chi connectivity index (χ4n) is 2.44. The maximum absolute atomic E-state index is 5.90. The lowest BCUT2D eigenvalue weighted by Crippen LogP contribution is -2.10. The van der Waals surface area contributed by atoms with Crippen molar-refractivity contribution in [1.29, 1.82) is 0 Å². The van der Waals surface area contributed by atoms with Gasteiger partial charge in [-0.2, -0.15) is 0 Å².